The first-order valence-corrected chi connectivity index (χ1v) is 8.82. The molecule has 124 valence electrons. The van der Waals surface area contributed by atoms with E-state index < -0.39 is 0 Å². The number of rotatable bonds is 12. The second-order valence-electron chi connectivity index (χ2n) is 5.96. The summed E-state index contributed by atoms with van der Waals surface area (Å²) in [6.45, 7) is 2.93. The Morgan fingerprint density at radius 1 is 0.909 bits per heavy atom. The van der Waals surface area contributed by atoms with Crippen molar-refractivity contribution in [3.63, 3.8) is 0 Å². The van der Waals surface area contributed by atoms with Crippen LogP contribution in [0.4, 0.5) is 0 Å². The fourth-order valence-electron chi connectivity index (χ4n) is 2.58. The first kappa shape index (κ1) is 18.5. The molecule has 0 saturated carbocycles. The zero-order valence-corrected chi connectivity index (χ0v) is 13.9. The van der Waals surface area contributed by atoms with Gasteiger partial charge in [0, 0.05) is 6.54 Å². The summed E-state index contributed by atoms with van der Waals surface area (Å²) in [4.78, 5) is 11.9. The van der Waals surface area contributed by atoms with Crippen LogP contribution >= 0.6 is 0 Å². The third-order valence-electron chi connectivity index (χ3n) is 3.96. The summed E-state index contributed by atoms with van der Waals surface area (Å²) in [6.07, 6.45) is 12.9. The quantitative estimate of drug-likeness (QED) is 0.531. The van der Waals surface area contributed by atoms with Crippen LogP contribution in [-0.2, 0) is 0 Å². The number of carbonyl (C=O) groups excluding carboxylic acids is 1. The van der Waals surface area contributed by atoms with Crippen LogP contribution in [0.15, 0.2) is 24.3 Å². The van der Waals surface area contributed by atoms with Crippen LogP contribution in [0.3, 0.4) is 0 Å². The number of hydrogen-bond donors (Lipinski definition) is 2. The Labute approximate surface area is 135 Å². The molecule has 22 heavy (non-hydrogen) atoms. The normalized spacial score (nSPS) is 10.6. The maximum absolute atomic E-state index is 11.9. The van der Waals surface area contributed by atoms with E-state index in [9.17, 15) is 9.90 Å². The van der Waals surface area contributed by atoms with Crippen LogP contribution in [0.25, 0.3) is 0 Å². The van der Waals surface area contributed by atoms with Crippen molar-refractivity contribution in [2.75, 3.05) is 6.54 Å². The Bertz CT molecular complexity index is 418. The highest BCUT2D eigenvalue weighted by Crippen LogP contribution is 2.15. The average molecular weight is 305 g/mol. The Balaban J connectivity index is 1.95. The summed E-state index contributed by atoms with van der Waals surface area (Å²) in [7, 11) is 0. The smallest absolute Gasteiger partial charge is 0.255 e. The van der Waals surface area contributed by atoms with Crippen molar-refractivity contribution in [3.8, 4) is 5.75 Å². The summed E-state index contributed by atoms with van der Waals surface area (Å²) in [5.74, 6) is -0.142. The van der Waals surface area contributed by atoms with E-state index in [1.807, 2.05) is 0 Å². The fourth-order valence-corrected chi connectivity index (χ4v) is 2.58. The molecule has 0 heterocycles. The monoisotopic (exact) mass is 305 g/mol. The van der Waals surface area contributed by atoms with Crippen molar-refractivity contribution in [2.24, 2.45) is 0 Å². The highest BCUT2D eigenvalue weighted by molar-refractivity contribution is 5.96. The number of unbranched alkanes of at least 4 members (excludes halogenated alkanes) is 9. The molecule has 0 saturated heterocycles. The molecule has 0 radical (unpaired) electrons. The zero-order valence-electron chi connectivity index (χ0n) is 13.9. The lowest BCUT2D eigenvalue weighted by Crippen LogP contribution is -2.24. The molecule has 1 rings (SSSR count). The van der Waals surface area contributed by atoms with E-state index in [0.29, 0.717) is 12.1 Å². The summed E-state index contributed by atoms with van der Waals surface area (Å²) in [5, 5.41) is 12.5. The third kappa shape index (κ3) is 8.06. The molecule has 0 aromatic heterocycles. The minimum atomic E-state index is -0.186. The number of phenols is 1. The van der Waals surface area contributed by atoms with E-state index in [-0.39, 0.29) is 11.7 Å². The standard InChI is InChI=1S/C19H31NO2/c1-2-3-4-5-6-7-8-9-10-13-16-20-19(22)17-14-11-12-15-18(17)21/h11-12,14-15,21H,2-10,13,16H2,1H3,(H,20,22). The second-order valence-corrected chi connectivity index (χ2v) is 5.96. The van der Waals surface area contributed by atoms with Crippen LogP contribution in [0.5, 0.6) is 5.75 Å². The Kier molecular flexibility index (Phi) is 10.2. The highest BCUT2D eigenvalue weighted by Gasteiger charge is 2.08. The first-order chi connectivity index (χ1) is 10.8. The largest absolute Gasteiger partial charge is 0.507 e. The van der Waals surface area contributed by atoms with Crippen molar-refractivity contribution < 1.29 is 9.90 Å². The van der Waals surface area contributed by atoms with Crippen molar-refractivity contribution in [2.45, 2.75) is 71.1 Å². The summed E-state index contributed by atoms with van der Waals surface area (Å²) < 4.78 is 0. The van der Waals surface area contributed by atoms with E-state index in [1.54, 1.807) is 18.2 Å². The Morgan fingerprint density at radius 3 is 2.05 bits per heavy atom. The maximum Gasteiger partial charge on any atom is 0.255 e. The summed E-state index contributed by atoms with van der Waals surface area (Å²) in [5.41, 5.74) is 0.356. The molecule has 3 heteroatoms. The van der Waals surface area contributed by atoms with Gasteiger partial charge in [0.15, 0.2) is 0 Å². The lowest BCUT2D eigenvalue weighted by atomic mass is 10.1. The average Bonchev–Trinajstić information content (AvgIpc) is 2.53. The maximum atomic E-state index is 11.9. The van der Waals surface area contributed by atoms with Gasteiger partial charge in [-0.1, -0.05) is 76.8 Å². The number of carbonyl (C=O) groups is 1. The number of aromatic hydroxyl groups is 1. The fraction of sp³-hybridized carbons (Fsp3) is 0.632. The van der Waals surface area contributed by atoms with Gasteiger partial charge in [-0.15, -0.1) is 0 Å². The zero-order chi connectivity index (χ0) is 16.0. The molecule has 2 N–H and O–H groups in total. The molecular formula is C19H31NO2. The van der Waals surface area contributed by atoms with Crippen LogP contribution in [0, 0.1) is 0 Å². The number of nitrogens with one attached hydrogen (secondary N) is 1. The summed E-state index contributed by atoms with van der Waals surface area (Å²) in [6, 6.07) is 6.65. The number of phenolic OH excluding ortho intramolecular Hbond substituents is 1. The van der Waals surface area contributed by atoms with Crippen LogP contribution in [-0.4, -0.2) is 17.6 Å². The van der Waals surface area contributed by atoms with E-state index in [2.05, 4.69) is 12.2 Å². The van der Waals surface area contributed by atoms with Gasteiger partial charge in [0.05, 0.1) is 5.56 Å². The van der Waals surface area contributed by atoms with Gasteiger partial charge in [-0.25, -0.2) is 0 Å². The molecule has 0 aliphatic carbocycles. The Morgan fingerprint density at radius 2 is 1.45 bits per heavy atom. The Hall–Kier alpha value is -1.51. The molecule has 3 nitrogen and oxygen atoms in total. The van der Waals surface area contributed by atoms with E-state index in [0.717, 1.165) is 12.8 Å². The van der Waals surface area contributed by atoms with Gasteiger partial charge in [0.2, 0.25) is 0 Å². The lowest BCUT2D eigenvalue weighted by molar-refractivity contribution is 0.0950. The molecule has 1 amide bonds. The van der Waals surface area contributed by atoms with E-state index in [1.165, 1.54) is 57.4 Å². The predicted octanol–water partition coefficient (Wildman–Crippen LogP) is 5.04. The number of amides is 1. The molecule has 0 bridgehead atoms. The van der Waals surface area contributed by atoms with E-state index in [4.69, 9.17) is 0 Å². The van der Waals surface area contributed by atoms with Crippen LogP contribution in [0.2, 0.25) is 0 Å². The molecule has 0 fully saturated rings. The summed E-state index contributed by atoms with van der Waals surface area (Å²) >= 11 is 0. The predicted molar refractivity (Wildman–Crippen MR) is 92.3 cm³/mol. The van der Waals surface area contributed by atoms with Gasteiger partial charge in [0.1, 0.15) is 5.75 Å². The molecule has 0 atom stereocenters. The second kappa shape index (κ2) is 12.1. The minimum Gasteiger partial charge on any atom is -0.507 e. The van der Waals surface area contributed by atoms with Gasteiger partial charge in [-0.05, 0) is 18.6 Å². The molecule has 0 aliphatic rings. The molecule has 0 unspecified atom stereocenters. The van der Waals surface area contributed by atoms with Crippen molar-refractivity contribution in [1.82, 2.24) is 5.32 Å². The third-order valence-corrected chi connectivity index (χ3v) is 3.96. The topological polar surface area (TPSA) is 49.3 Å². The number of para-hydroxylation sites is 1. The van der Waals surface area contributed by atoms with Crippen molar-refractivity contribution >= 4 is 5.91 Å². The first-order valence-electron chi connectivity index (χ1n) is 8.82. The van der Waals surface area contributed by atoms with Crippen molar-refractivity contribution in [1.29, 1.82) is 0 Å². The van der Waals surface area contributed by atoms with Crippen LogP contribution in [0.1, 0.15) is 81.5 Å². The van der Waals surface area contributed by atoms with Crippen molar-refractivity contribution in [3.05, 3.63) is 29.8 Å². The molecule has 1 aromatic carbocycles. The van der Waals surface area contributed by atoms with Gasteiger partial charge < -0.3 is 10.4 Å². The SMILES string of the molecule is CCCCCCCCCCCCNC(=O)c1ccccc1O. The molecular weight excluding hydrogens is 274 g/mol. The minimum absolute atomic E-state index is 0.0445. The van der Waals surface area contributed by atoms with Gasteiger partial charge >= 0.3 is 0 Å². The van der Waals surface area contributed by atoms with Gasteiger partial charge in [-0.2, -0.15) is 0 Å². The van der Waals surface area contributed by atoms with Gasteiger partial charge in [-0.3, -0.25) is 4.79 Å². The van der Waals surface area contributed by atoms with Gasteiger partial charge in [0.25, 0.3) is 5.91 Å². The highest BCUT2D eigenvalue weighted by atomic mass is 16.3. The lowest BCUT2D eigenvalue weighted by Gasteiger charge is -2.06. The van der Waals surface area contributed by atoms with Crippen LogP contribution < -0.4 is 5.32 Å². The molecule has 1 aromatic rings. The molecule has 0 spiro atoms. The van der Waals surface area contributed by atoms with E-state index >= 15 is 0 Å². The molecule has 0 aliphatic heterocycles. The number of benzene rings is 1. The number of hydrogen-bond acceptors (Lipinski definition) is 2.